The van der Waals surface area contributed by atoms with Crippen LogP contribution in [-0.4, -0.2) is 0 Å². The molecule has 0 aromatic heterocycles. The molecule has 110 valence electrons. The molecule has 3 rings (SSSR count). The Kier molecular flexibility index (Phi) is 4.11. The van der Waals surface area contributed by atoms with Crippen molar-refractivity contribution in [1.29, 1.82) is 0 Å². The van der Waals surface area contributed by atoms with Crippen molar-refractivity contribution in [2.75, 3.05) is 0 Å². The molecule has 3 aromatic rings. The van der Waals surface area contributed by atoms with E-state index in [1.54, 1.807) is 0 Å². The molecule has 0 unspecified atom stereocenters. The number of hydrogen-bond donors (Lipinski definition) is 0. The van der Waals surface area contributed by atoms with Crippen LogP contribution in [0.2, 0.25) is 0 Å². The Morgan fingerprint density at radius 2 is 1.36 bits per heavy atom. The zero-order chi connectivity index (χ0) is 15.5. The van der Waals surface area contributed by atoms with E-state index >= 15 is 0 Å². The molecular weight excluding hydrogens is 264 g/mol. The molecule has 3 aromatic carbocycles. The first-order valence-corrected chi connectivity index (χ1v) is 7.91. The quantitative estimate of drug-likeness (QED) is 0.519. The molecule has 0 N–H and O–H groups in total. The molecule has 0 amide bonds. The van der Waals surface area contributed by atoms with Crippen LogP contribution in [0, 0.1) is 6.92 Å². The first-order valence-electron chi connectivity index (χ1n) is 7.91. The van der Waals surface area contributed by atoms with E-state index < -0.39 is 0 Å². The summed E-state index contributed by atoms with van der Waals surface area (Å²) in [7, 11) is 0. The van der Waals surface area contributed by atoms with Gasteiger partial charge in [-0.3, -0.25) is 0 Å². The van der Waals surface area contributed by atoms with Gasteiger partial charge in [0, 0.05) is 0 Å². The van der Waals surface area contributed by atoms with E-state index in [1.165, 1.54) is 33.4 Å². The van der Waals surface area contributed by atoms with Gasteiger partial charge in [0.15, 0.2) is 0 Å². The summed E-state index contributed by atoms with van der Waals surface area (Å²) in [4.78, 5) is 0. The van der Waals surface area contributed by atoms with Gasteiger partial charge in [-0.2, -0.15) is 0 Å². The van der Waals surface area contributed by atoms with Crippen LogP contribution in [0.4, 0.5) is 0 Å². The van der Waals surface area contributed by atoms with Crippen LogP contribution in [0.1, 0.15) is 30.9 Å². The van der Waals surface area contributed by atoms with E-state index in [4.69, 9.17) is 0 Å². The molecule has 0 saturated carbocycles. The molecule has 0 bridgehead atoms. The van der Waals surface area contributed by atoms with Gasteiger partial charge in [0.1, 0.15) is 0 Å². The Morgan fingerprint density at radius 1 is 0.636 bits per heavy atom. The summed E-state index contributed by atoms with van der Waals surface area (Å²) in [5.74, 6) is 0.514. The summed E-state index contributed by atoms with van der Waals surface area (Å²) in [6.07, 6.45) is 0. The number of aryl methyl sites for hydroxylation is 1. The summed E-state index contributed by atoms with van der Waals surface area (Å²) in [5, 5.41) is 0. The van der Waals surface area contributed by atoms with Gasteiger partial charge in [0.25, 0.3) is 0 Å². The second-order valence-corrected chi connectivity index (χ2v) is 6.19. The van der Waals surface area contributed by atoms with E-state index in [1.807, 2.05) is 0 Å². The number of rotatable bonds is 3. The summed E-state index contributed by atoms with van der Waals surface area (Å²) in [6, 6.07) is 26.2. The van der Waals surface area contributed by atoms with E-state index in [9.17, 15) is 0 Å². The fraction of sp³-hybridized carbons (Fsp3) is 0.182. The molecule has 0 aliphatic rings. The van der Waals surface area contributed by atoms with E-state index in [2.05, 4.69) is 93.6 Å². The van der Waals surface area contributed by atoms with Crippen LogP contribution < -0.4 is 0 Å². The molecule has 22 heavy (non-hydrogen) atoms. The third kappa shape index (κ3) is 2.96. The van der Waals surface area contributed by atoms with Crippen LogP contribution in [0.15, 0.2) is 72.8 Å². The average molecular weight is 286 g/mol. The first-order chi connectivity index (χ1) is 10.6. The molecule has 0 heterocycles. The minimum Gasteiger partial charge on any atom is -0.0622 e. The van der Waals surface area contributed by atoms with Crippen molar-refractivity contribution in [3.63, 3.8) is 0 Å². The van der Waals surface area contributed by atoms with Crippen molar-refractivity contribution in [3.05, 3.63) is 83.9 Å². The summed E-state index contributed by atoms with van der Waals surface area (Å²) in [5.41, 5.74) is 7.91. The maximum Gasteiger partial charge on any atom is -0.0143 e. The van der Waals surface area contributed by atoms with E-state index in [-0.39, 0.29) is 0 Å². The van der Waals surface area contributed by atoms with Crippen LogP contribution in [0.5, 0.6) is 0 Å². The van der Waals surface area contributed by atoms with Crippen molar-refractivity contribution >= 4 is 0 Å². The summed E-state index contributed by atoms with van der Waals surface area (Å²) in [6.45, 7) is 6.67. The summed E-state index contributed by atoms with van der Waals surface area (Å²) >= 11 is 0. The standard InChI is InChI=1S/C22H22/c1-16(2)21-13-12-19(18-9-5-4-6-10-18)15-22(21)20-11-7-8-17(3)14-20/h4-16H,1-3H3. The Hall–Kier alpha value is -2.34. The van der Waals surface area contributed by atoms with Crippen molar-refractivity contribution in [2.24, 2.45) is 0 Å². The Bertz CT molecular complexity index is 767. The Balaban J connectivity index is 2.17. The first kappa shape index (κ1) is 14.6. The smallest absolute Gasteiger partial charge is 0.0143 e. The highest BCUT2D eigenvalue weighted by atomic mass is 14.1. The SMILES string of the molecule is Cc1cccc(-c2cc(-c3ccccc3)ccc2C(C)C)c1. The topological polar surface area (TPSA) is 0 Å². The van der Waals surface area contributed by atoms with Crippen LogP contribution in [-0.2, 0) is 0 Å². The van der Waals surface area contributed by atoms with Crippen molar-refractivity contribution < 1.29 is 0 Å². The van der Waals surface area contributed by atoms with Gasteiger partial charge < -0.3 is 0 Å². The van der Waals surface area contributed by atoms with Gasteiger partial charge in [-0.05, 0) is 46.7 Å². The minimum absolute atomic E-state index is 0.514. The number of benzene rings is 3. The third-order valence-corrected chi connectivity index (χ3v) is 4.11. The lowest BCUT2D eigenvalue weighted by molar-refractivity contribution is 0.869. The molecule has 0 radical (unpaired) electrons. The molecular formula is C22H22. The minimum atomic E-state index is 0.514. The molecule has 0 spiro atoms. The third-order valence-electron chi connectivity index (χ3n) is 4.11. The maximum absolute atomic E-state index is 2.33. The highest BCUT2D eigenvalue weighted by molar-refractivity contribution is 5.76. The van der Waals surface area contributed by atoms with Crippen molar-refractivity contribution in [1.82, 2.24) is 0 Å². The van der Waals surface area contributed by atoms with Gasteiger partial charge in [-0.25, -0.2) is 0 Å². The fourth-order valence-electron chi connectivity index (χ4n) is 2.93. The largest absolute Gasteiger partial charge is 0.0622 e. The lowest BCUT2D eigenvalue weighted by Crippen LogP contribution is -1.94. The van der Waals surface area contributed by atoms with Crippen molar-refractivity contribution in [3.8, 4) is 22.3 Å². The highest BCUT2D eigenvalue weighted by Crippen LogP contribution is 2.33. The molecule has 0 aliphatic heterocycles. The molecule has 0 atom stereocenters. The monoisotopic (exact) mass is 286 g/mol. The average Bonchev–Trinajstić information content (AvgIpc) is 2.55. The molecule has 0 saturated heterocycles. The number of hydrogen-bond acceptors (Lipinski definition) is 0. The van der Waals surface area contributed by atoms with Crippen LogP contribution in [0.25, 0.3) is 22.3 Å². The predicted molar refractivity (Wildman–Crippen MR) is 96.1 cm³/mol. The second kappa shape index (κ2) is 6.19. The zero-order valence-corrected chi connectivity index (χ0v) is 13.5. The molecule has 0 heteroatoms. The van der Waals surface area contributed by atoms with Crippen LogP contribution in [0.3, 0.4) is 0 Å². The lowest BCUT2D eigenvalue weighted by atomic mass is 9.89. The van der Waals surface area contributed by atoms with Gasteiger partial charge in [0.2, 0.25) is 0 Å². The molecule has 0 fully saturated rings. The predicted octanol–water partition coefficient (Wildman–Crippen LogP) is 6.45. The second-order valence-electron chi connectivity index (χ2n) is 6.19. The van der Waals surface area contributed by atoms with Gasteiger partial charge in [-0.15, -0.1) is 0 Å². The fourth-order valence-corrected chi connectivity index (χ4v) is 2.93. The van der Waals surface area contributed by atoms with Gasteiger partial charge in [0.05, 0.1) is 0 Å². The van der Waals surface area contributed by atoms with Gasteiger partial charge >= 0.3 is 0 Å². The van der Waals surface area contributed by atoms with Gasteiger partial charge in [-0.1, -0.05) is 86.1 Å². The normalized spacial score (nSPS) is 10.9. The summed E-state index contributed by atoms with van der Waals surface area (Å²) < 4.78 is 0. The Morgan fingerprint density at radius 3 is 2.05 bits per heavy atom. The van der Waals surface area contributed by atoms with Crippen LogP contribution >= 0.6 is 0 Å². The zero-order valence-electron chi connectivity index (χ0n) is 13.5. The van der Waals surface area contributed by atoms with E-state index in [0.717, 1.165) is 0 Å². The van der Waals surface area contributed by atoms with E-state index in [0.29, 0.717) is 5.92 Å². The highest BCUT2D eigenvalue weighted by Gasteiger charge is 2.10. The molecule has 0 aliphatic carbocycles. The van der Waals surface area contributed by atoms with Crippen molar-refractivity contribution in [2.45, 2.75) is 26.7 Å². The molecule has 0 nitrogen and oxygen atoms in total. The maximum atomic E-state index is 2.33. The lowest BCUT2D eigenvalue weighted by Gasteiger charge is -2.15. The Labute approximate surface area is 133 Å².